The first kappa shape index (κ1) is 25.9. The number of nitrogens with one attached hydrogen (secondary N) is 3. The average molecular weight is 523 g/mol. The number of urea groups is 1. The Morgan fingerprint density at radius 2 is 1.55 bits per heavy atom. The summed E-state index contributed by atoms with van der Waals surface area (Å²) >= 11 is 0. The minimum absolute atomic E-state index is 0.000865. The molecule has 0 unspecified atom stereocenters. The van der Waals surface area contributed by atoms with Gasteiger partial charge in [-0.3, -0.25) is 4.79 Å². The van der Waals surface area contributed by atoms with Crippen molar-refractivity contribution < 1.29 is 32.6 Å². The molecule has 1 heterocycles. The van der Waals surface area contributed by atoms with Crippen LogP contribution in [0.25, 0.3) is 0 Å². The third-order valence-corrected chi connectivity index (χ3v) is 4.98. The summed E-state index contributed by atoms with van der Waals surface area (Å²) in [4.78, 5) is 31.3. The molecule has 0 aliphatic carbocycles. The fraction of sp³-hybridized carbons (Fsp3) is 0.0769. The smallest absolute Gasteiger partial charge is 0.416 e. The first-order chi connectivity index (χ1) is 18.1. The molecule has 1 aromatic heterocycles. The molecule has 0 radical (unpaired) electrons. The number of amides is 2. The van der Waals surface area contributed by atoms with Gasteiger partial charge >= 0.3 is 18.2 Å². The van der Waals surface area contributed by atoms with Crippen LogP contribution in [0.2, 0.25) is 0 Å². The highest BCUT2D eigenvalue weighted by atomic mass is 19.4. The summed E-state index contributed by atoms with van der Waals surface area (Å²) in [5, 5.41) is 16.9. The summed E-state index contributed by atoms with van der Waals surface area (Å²) in [6, 6.07) is 18.3. The Hall–Kier alpha value is -5.13. The molecule has 4 N–H and O–H groups in total. The zero-order valence-corrected chi connectivity index (χ0v) is 19.5. The fourth-order valence-electron chi connectivity index (χ4n) is 3.34. The lowest BCUT2D eigenvalue weighted by atomic mass is 10.1. The summed E-state index contributed by atoms with van der Waals surface area (Å²) in [6.07, 6.45) is -3.32. The number of carboxylic acid groups (broad SMARTS) is 1. The Kier molecular flexibility index (Phi) is 7.71. The van der Waals surface area contributed by atoms with E-state index in [0.29, 0.717) is 28.5 Å². The molecule has 9 nitrogen and oxygen atoms in total. The first-order valence-electron chi connectivity index (χ1n) is 11.1. The normalized spacial score (nSPS) is 10.9. The van der Waals surface area contributed by atoms with E-state index in [1.807, 2.05) is 0 Å². The van der Waals surface area contributed by atoms with Crippen LogP contribution < -0.4 is 20.7 Å². The van der Waals surface area contributed by atoms with E-state index in [1.54, 1.807) is 54.6 Å². The van der Waals surface area contributed by atoms with E-state index >= 15 is 0 Å². The highest BCUT2D eigenvalue weighted by Crippen LogP contribution is 2.31. The molecule has 12 heteroatoms. The van der Waals surface area contributed by atoms with Gasteiger partial charge in [-0.05, 0) is 60.2 Å². The summed E-state index contributed by atoms with van der Waals surface area (Å²) in [7, 11) is 0. The van der Waals surface area contributed by atoms with Crippen molar-refractivity contribution in [3.63, 3.8) is 0 Å². The van der Waals surface area contributed by atoms with Gasteiger partial charge in [-0.25, -0.2) is 14.8 Å². The molecule has 0 aliphatic heterocycles. The van der Waals surface area contributed by atoms with E-state index in [9.17, 15) is 22.8 Å². The lowest BCUT2D eigenvalue weighted by Crippen LogP contribution is -2.19. The number of rotatable bonds is 8. The fourth-order valence-corrected chi connectivity index (χ4v) is 3.34. The largest absolute Gasteiger partial charge is 0.481 e. The van der Waals surface area contributed by atoms with E-state index in [0.717, 1.165) is 12.1 Å². The number of hydrogen-bond acceptors (Lipinski definition) is 6. The van der Waals surface area contributed by atoms with Crippen molar-refractivity contribution in [1.29, 1.82) is 0 Å². The molecule has 0 spiro atoms. The highest BCUT2D eigenvalue weighted by Gasteiger charge is 2.30. The van der Waals surface area contributed by atoms with Crippen molar-refractivity contribution >= 4 is 34.9 Å². The van der Waals surface area contributed by atoms with Gasteiger partial charge in [-0.1, -0.05) is 18.2 Å². The van der Waals surface area contributed by atoms with E-state index in [-0.39, 0.29) is 18.0 Å². The Morgan fingerprint density at radius 3 is 2.29 bits per heavy atom. The number of nitrogens with zero attached hydrogens (tertiary/aromatic N) is 2. The van der Waals surface area contributed by atoms with E-state index in [4.69, 9.17) is 9.84 Å². The number of carbonyl (C=O) groups is 2. The predicted molar refractivity (Wildman–Crippen MR) is 134 cm³/mol. The van der Waals surface area contributed by atoms with Crippen molar-refractivity contribution in [3.05, 3.63) is 96.3 Å². The van der Waals surface area contributed by atoms with Crippen molar-refractivity contribution in [3.8, 4) is 11.6 Å². The van der Waals surface area contributed by atoms with Crippen molar-refractivity contribution in [1.82, 2.24) is 9.97 Å². The van der Waals surface area contributed by atoms with Gasteiger partial charge in [-0.15, -0.1) is 0 Å². The van der Waals surface area contributed by atoms with Crippen LogP contribution in [0.5, 0.6) is 11.6 Å². The monoisotopic (exact) mass is 523 g/mol. The maximum Gasteiger partial charge on any atom is 0.416 e. The maximum absolute atomic E-state index is 12.8. The molecular weight excluding hydrogens is 503 g/mol. The van der Waals surface area contributed by atoms with Gasteiger partial charge in [0, 0.05) is 23.1 Å². The first-order valence-corrected chi connectivity index (χ1v) is 11.1. The maximum atomic E-state index is 12.8. The quantitative estimate of drug-likeness (QED) is 0.213. The number of aromatic nitrogens is 2. The van der Waals surface area contributed by atoms with Gasteiger partial charge < -0.3 is 25.8 Å². The van der Waals surface area contributed by atoms with Gasteiger partial charge in [0.25, 0.3) is 0 Å². The lowest BCUT2D eigenvalue weighted by molar-refractivity contribution is -0.138. The molecule has 0 saturated carbocycles. The van der Waals surface area contributed by atoms with Gasteiger partial charge in [-0.2, -0.15) is 13.2 Å². The van der Waals surface area contributed by atoms with E-state index < -0.39 is 23.7 Å². The summed E-state index contributed by atoms with van der Waals surface area (Å²) in [5.41, 5.74) is 0.788. The van der Waals surface area contributed by atoms with Crippen LogP contribution in [0.3, 0.4) is 0 Å². The zero-order chi connectivity index (χ0) is 27.1. The zero-order valence-electron chi connectivity index (χ0n) is 19.5. The second-order valence-electron chi connectivity index (χ2n) is 7.92. The topological polar surface area (TPSA) is 125 Å². The van der Waals surface area contributed by atoms with Crippen LogP contribution >= 0.6 is 0 Å². The molecule has 0 bridgehead atoms. The molecular formula is C26H20F3N5O4. The van der Waals surface area contributed by atoms with Crippen LogP contribution in [0.1, 0.15) is 11.1 Å². The summed E-state index contributed by atoms with van der Waals surface area (Å²) in [5.74, 6) is 0.124. The van der Waals surface area contributed by atoms with Gasteiger partial charge in [0.05, 0.1) is 12.0 Å². The molecule has 0 atom stereocenters. The lowest BCUT2D eigenvalue weighted by Gasteiger charge is -2.11. The number of aliphatic carboxylic acids is 1. The molecule has 4 rings (SSSR count). The van der Waals surface area contributed by atoms with Gasteiger partial charge in [0.2, 0.25) is 5.88 Å². The van der Waals surface area contributed by atoms with Crippen molar-refractivity contribution in [2.75, 3.05) is 16.0 Å². The third kappa shape index (κ3) is 7.43. The van der Waals surface area contributed by atoms with Crippen LogP contribution in [0.4, 0.5) is 40.8 Å². The second kappa shape index (κ2) is 11.3. The summed E-state index contributed by atoms with van der Waals surface area (Å²) < 4.78 is 44.3. The number of anilines is 4. The number of ether oxygens (including phenoxy) is 1. The number of alkyl halides is 3. The molecule has 0 saturated heterocycles. The van der Waals surface area contributed by atoms with Crippen LogP contribution in [-0.4, -0.2) is 27.1 Å². The van der Waals surface area contributed by atoms with Crippen molar-refractivity contribution in [2.24, 2.45) is 0 Å². The number of carboxylic acids is 1. The molecule has 0 fully saturated rings. The van der Waals surface area contributed by atoms with Gasteiger partial charge in [0.15, 0.2) is 0 Å². The molecule has 2 amide bonds. The number of benzene rings is 3. The Labute approximate surface area is 214 Å². The standard InChI is InChI=1S/C26H20F3N5O4/c27-26(28,29)17-4-2-6-20(13-17)34-25(37)33-18-7-9-21(10-8-18)38-23-14-22(30-15-31-23)32-19-5-1-3-16(11-19)12-24(35)36/h1-11,13-15H,12H2,(H,35,36)(H,30,31,32)(H2,33,34,37). The molecule has 38 heavy (non-hydrogen) atoms. The predicted octanol–water partition coefficient (Wildman–Crippen LogP) is 6.30. The van der Waals surface area contributed by atoms with Gasteiger partial charge in [0.1, 0.15) is 17.9 Å². The minimum atomic E-state index is -4.52. The van der Waals surface area contributed by atoms with Crippen LogP contribution in [-0.2, 0) is 17.4 Å². The van der Waals surface area contributed by atoms with Crippen LogP contribution in [0, 0.1) is 0 Å². The third-order valence-electron chi connectivity index (χ3n) is 4.98. The average Bonchev–Trinajstić information content (AvgIpc) is 2.85. The van der Waals surface area contributed by atoms with E-state index in [1.165, 1.54) is 18.5 Å². The number of carbonyl (C=O) groups excluding carboxylic acids is 1. The Morgan fingerprint density at radius 1 is 0.842 bits per heavy atom. The highest BCUT2D eigenvalue weighted by molar-refractivity contribution is 5.99. The Balaban J connectivity index is 1.35. The minimum Gasteiger partial charge on any atom is -0.481 e. The van der Waals surface area contributed by atoms with Crippen LogP contribution in [0.15, 0.2) is 85.2 Å². The SMILES string of the molecule is O=C(O)Cc1cccc(Nc2cc(Oc3ccc(NC(=O)Nc4cccc(C(F)(F)F)c4)cc3)ncn2)c1. The van der Waals surface area contributed by atoms with Crippen molar-refractivity contribution in [2.45, 2.75) is 12.6 Å². The molecule has 194 valence electrons. The summed E-state index contributed by atoms with van der Waals surface area (Å²) in [6.45, 7) is 0. The molecule has 3 aromatic carbocycles. The number of hydrogen-bond donors (Lipinski definition) is 4. The molecule has 0 aliphatic rings. The molecule has 4 aromatic rings. The number of halogens is 3. The Bertz CT molecular complexity index is 1450. The second-order valence-corrected chi connectivity index (χ2v) is 7.92. The van der Waals surface area contributed by atoms with E-state index in [2.05, 4.69) is 25.9 Å².